The number of rotatable bonds is 5. The van der Waals surface area contributed by atoms with Crippen LogP contribution in [0.4, 0.5) is 0 Å². The summed E-state index contributed by atoms with van der Waals surface area (Å²) in [5.41, 5.74) is 0.466. The van der Waals surface area contributed by atoms with Crippen LogP contribution in [0.3, 0.4) is 0 Å². The minimum atomic E-state index is -0.163. The van der Waals surface area contributed by atoms with Crippen LogP contribution in [-0.4, -0.2) is 19.6 Å². The minimum absolute atomic E-state index is 0.163. The monoisotopic (exact) mass is 295 g/mol. The van der Waals surface area contributed by atoms with Crippen molar-refractivity contribution < 1.29 is 9.53 Å². The predicted octanol–water partition coefficient (Wildman–Crippen LogP) is 3.38. The Hall–Kier alpha value is -1.52. The van der Waals surface area contributed by atoms with Gasteiger partial charge in [0.15, 0.2) is 0 Å². The van der Waals surface area contributed by atoms with Gasteiger partial charge >= 0.3 is 0 Å². The normalized spacial score (nSPS) is 10.2. The maximum Gasteiger partial charge on any atom is 0.252 e. The molecule has 0 atom stereocenters. The van der Waals surface area contributed by atoms with Crippen LogP contribution in [0.25, 0.3) is 0 Å². The summed E-state index contributed by atoms with van der Waals surface area (Å²) in [6.45, 7) is 0.599. The van der Waals surface area contributed by atoms with E-state index >= 15 is 0 Å². The number of benzene rings is 1. The number of ether oxygens (including phenoxy) is 1. The van der Waals surface area contributed by atoms with Crippen molar-refractivity contribution in [2.24, 2.45) is 0 Å². The number of carbonyl (C=O) groups excluding carboxylic acids is 1. The van der Waals surface area contributed by atoms with Crippen molar-refractivity contribution in [3.63, 3.8) is 0 Å². The topological polar surface area (TPSA) is 38.3 Å². The first-order chi connectivity index (χ1) is 9.20. The Balaban J connectivity index is 1.92. The summed E-state index contributed by atoms with van der Waals surface area (Å²) >= 11 is 7.73. The zero-order valence-electron chi connectivity index (χ0n) is 10.5. The van der Waals surface area contributed by atoms with E-state index in [1.807, 2.05) is 11.4 Å². The Morgan fingerprint density at radius 3 is 2.89 bits per heavy atom. The Labute approximate surface area is 121 Å². The summed E-state index contributed by atoms with van der Waals surface area (Å²) in [4.78, 5) is 13.2. The van der Waals surface area contributed by atoms with Gasteiger partial charge in [-0.3, -0.25) is 4.79 Å². The largest absolute Gasteiger partial charge is 0.497 e. The quantitative estimate of drug-likeness (QED) is 0.918. The Bertz CT molecular complexity index is 555. The first-order valence-corrected chi connectivity index (χ1v) is 7.10. The third-order valence-corrected chi connectivity index (χ3v) is 3.91. The lowest BCUT2D eigenvalue weighted by atomic mass is 10.2. The van der Waals surface area contributed by atoms with Crippen molar-refractivity contribution in [3.05, 3.63) is 51.2 Å². The average molecular weight is 296 g/mol. The third-order valence-electron chi connectivity index (χ3n) is 2.66. The highest BCUT2D eigenvalue weighted by molar-refractivity contribution is 7.09. The van der Waals surface area contributed by atoms with E-state index in [1.165, 1.54) is 4.88 Å². The summed E-state index contributed by atoms with van der Waals surface area (Å²) in [5.74, 6) is 0.476. The van der Waals surface area contributed by atoms with Gasteiger partial charge in [-0.25, -0.2) is 0 Å². The minimum Gasteiger partial charge on any atom is -0.497 e. The van der Waals surface area contributed by atoms with Gasteiger partial charge in [0.05, 0.1) is 17.7 Å². The molecule has 0 saturated heterocycles. The van der Waals surface area contributed by atoms with Gasteiger partial charge < -0.3 is 10.1 Å². The number of carbonyl (C=O) groups is 1. The molecule has 100 valence electrons. The second kappa shape index (κ2) is 6.59. The van der Waals surface area contributed by atoms with Crippen molar-refractivity contribution in [2.45, 2.75) is 6.42 Å². The number of methoxy groups -OCH3 is 1. The number of hydrogen-bond acceptors (Lipinski definition) is 3. The zero-order valence-corrected chi connectivity index (χ0v) is 12.1. The molecule has 0 aliphatic rings. The van der Waals surface area contributed by atoms with E-state index in [-0.39, 0.29) is 5.91 Å². The van der Waals surface area contributed by atoms with Crippen LogP contribution in [0.15, 0.2) is 35.7 Å². The highest BCUT2D eigenvalue weighted by Gasteiger charge is 2.10. The SMILES string of the molecule is COc1ccc(C(=O)NCCc2cccs2)c(Cl)c1. The molecule has 5 heteroatoms. The van der Waals surface area contributed by atoms with Crippen LogP contribution in [-0.2, 0) is 6.42 Å². The molecule has 3 nitrogen and oxygen atoms in total. The molecule has 0 bridgehead atoms. The summed E-state index contributed by atoms with van der Waals surface area (Å²) in [7, 11) is 1.56. The van der Waals surface area contributed by atoms with Crippen molar-refractivity contribution in [2.75, 3.05) is 13.7 Å². The fraction of sp³-hybridized carbons (Fsp3) is 0.214. The van der Waals surface area contributed by atoms with E-state index in [2.05, 4.69) is 11.4 Å². The van der Waals surface area contributed by atoms with Gasteiger partial charge in [0.2, 0.25) is 0 Å². The molecule has 1 aromatic carbocycles. The van der Waals surface area contributed by atoms with Crippen molar-refractivity contribution in [3.8, 4) is 5.75 Å². The van der Waals surface area contributed by atoms with E-state index in [0.717, 1.165) is 6.42 Å². The molecule has 1 aromatic heterocycles. The molecular weight excluding hydrogens is 282 g/mol. The maximum absolute atomic E-state index is 12.0. The number of thiophene rings is 1. The Morgan fingerprint density at radius 1 is 1.42 bits per heavy atom. The number of hydrogen-bond donors (Lipinski definition) is 1. The Kier molecular flexibility index (Phi) is 4.82. The second-order valence-electron chi connectivity index (χ2n) is 3.93. The molecule has 19 heavy (non-hydrogen) atoms. The van der Waals surface area contributed by atoms with Gasteiger partial charge in [0.1, 0.15) is 5.75 Å². The van der Waals surface area contributed by atoms with Crippen LogP contribution in [0.5, 0.6) is 5.75 Å². The van der Waals surface area contributed by atoms with Gasteiger partial charge in [-0.1, -0.05) is 17.7 Å². The number of nitrogens with one attached hydrogen (secondary N) is 1. The molecule has 1 heterocycles. The standard InChI is InChI=1S/C14H14ClNO2S/c1-18-10-4-5-12(13(15)9-10)14(17)16-7-6-11-3-2-8-19-11/h2-5,8-9H,6-7H2,1H3,(H,16,17). The molecule has 0 saturated carbocycles. The van der Waals surface area contributed by atoms with E-state index in [9.17, 15) is 4.79 Å². The smallest absolute Gasteiger partial charge is 0.252 e. The molecule has 0 radical (unpaired) electrons. The van der Waals surface area contributed by atoms with Gasteiger partial charge in [-0.15, -0.1) is 11.3 Å². The summed E-state index contributed by atoms with van der Waals surface area (Å²) < 4.78 is 5.05. The van der Waals surface area contributed by atoms with E-state index in [0.29, 0.717) is 22.9 Å². The van der Waals surface area contributed by atoms with Gasteiger partial charge in [0, 0.05) is 11.4 Å². The first-order valence-electron chi connectivity index (χ1n) is 5.85. The molecule has 0 aliphatic carbocycles. The predicted molar refractivity (Wildman–Crippen MR) is 78.4 cm³/mol. The van der Waals surface area contributed by atoms with E-state index in [1.54, 1.807) is 36.6 Å². The molecule has 2 aromatic rings. The van der Waals surface area contributed by atoms with Crippen LogP contribution in [0, 0.1) is 0 Å². The molecule has 2 rings (SSSR count). The van der Waals surface area contributed by atoms with Crippen LogP contribution >= 0.6 is 22.9 Å². The van der Waals surface area contributed by atoms with Gasteiger partial charge in [-0.05, 0) is 36.1 Å². The molecule has 0 fully saturated rings. The van der Waals surface area contributed by atoms with E-state index in [4.69, 9.17) is 16.3 Å². The van der Waals surface area contributed by atoms with Gasteiger partial charge in [-0.2, -0.15) is 0 Å². The summed E-state index contributed by atoms with van der Waals surface area (Å²) in [6.07, 6.45) is 0.831. The molecule has 0 unspecified atom stereocenters. The van der Waals surface area contributed by atoms with Crippen LogP contribution in [0.2, 0.25) is 5.02 Å². The average Bonchev–Trinajstić information content (AvgIpc) is 2.91. The second-order valence-corrected chi connectivity index (χ2v) is 5.37. The Morgan fingerprint density at radius 2 is 2.26 bits per heavy atom. The van der Waals surface area contributed by atoms with Crippen LogP contribution < -0.4 is 10.1 Å². The van der Waals surface area contributed by atoms with Crippen LogP contribution in [0.1, 0.15) is 15.2 Å². The fourth-order valence-electron chi connectivity index (χ4n) is 1.66. The lowest BCUT2D eigenvalue weighted by molar-refractivity contribution is 0.0954. The zero-order chi connectivity index (χ0) is 13.7. The lowest BCUT2D eigenvalue weighted by Gasteiger charge is -2.07. The molecule has 1 amide bonds. The highest BCUT2D eigenvalue weighted by Crippen LogP contribution is 2.22. The van der Waals surface area contributed by atoms with Crippen molar-refractivity contribution in [1.82, 2.24) is 5.32 Å². The number of halogens is 1. The fourth-order valence-corrected chi connectivity index (χ4v) is 2.62. The van der Waals surface area contributed by atoms with Crippen molar-refractivity contribution in [1.29, 1.82) is 0 Å². The first kappa shape index (κ1) is 13.9. The molecule has 1 N–H and O–H groups in total. The maximum atomic E-state index is 12.0. The summed E-state index contributed by atoms with van der Waals surface area (Å²) in [5, 5.41) is 5.28. The molecule has 0 aliphatic heterocycles. The molecule has 0 spiro atoms. The third kappa shape index (κ3) is 3.72. The highest BCUT2D eigenvalue weighted by atomic mass is 35.5. The van der Waals surface area contributed by atoms with Gasteiger partial charge in [0.25, 0.3) is 5.91 Å². The summed E-state index contributed by atoms with van der Waals surface area (Å²) in [6, 6.07) is 9.08. The van der Waals surface area contributed by atoms with Crippen molar-refractivity contribution >= 4 is 28.8 Å². The number of amides is 1. The van der Waals surface area contributed by atoms with E-state index < -0.39 is 0 Å². The molecular formula is C14H14ClNO2S. The lowest BCUT2D eigenvalue weighted by Crippen LogP contribution is -2.25.